The van der Waals surface area contributed by atoms with Gasteiger partial charge in [-0.15, -0.1) is 12.4 Å². The fourth-order valence-electron chi connectivity index (χ4n) is 2.41. The van der Waals surface area contributed by atoms with Crippen molar-refractivity contribution in [1.29, 1.82) is 0 Å². The summed E-state index contributed by atoms with van der Waals surface area (Å²) >= 11 is 0. The average molecular weight is 311 g/mol. The number of halogens is 1. The fraction of sp³-hybridized carbons (Fsp3) is 0.500. The van der Waals surface area contributed by atoms with Crippen LogP contribution in [0, 0.1) is 6.92 Å². The Labute approximate surface area is 132 Å². The number of benzene rings is 1. The summed E-state index contributed by atoms with van der Waals surface area (Å²) in [6.45, 7) is 3.43. The van der Waals surface area contributed by atoms with Gasteiger partial charge in [-0.1, -0.05) is 29.8 Å². The van der Waals surface area contributed by atoms with Gasteiger partial charge in [-0.2, -0.15) is 0 Å². The predicted molar refractivity (Wildman–Crippen MR) is 85.8 cm³/mol. The molecule has 1 fully saturated rings. The topological polar surface area (TPSA) is 63.4 Å². The minimum Gasteiger partial charge on any atom is -0.343 e. The molecule has 2 N–H and O–H groups in total. The molecule has 2 rings (SSSR count). The van der Waals surface area contributed by atoms with Crippen molar-refractivity contribution in [2.24, 2.45) is 5.73 Å². The molecule has 5 heteroatoms. The lowest BCUT2D eigenvalue weighted by atomic mass is 10.0. The Balaban J connectivity index is 0.00000220. The van der Waals surface area contributed by atoms with Gasteiger partial charge >= 0.3 is 0 Å². The highest BCUT2D eigenvalue weighted by Gasteiger charge is 2.21. The molecule has 0 aromatic heterocycles. The van der Waals surface area contributed by atoms with Crippen molar-refractivity contribution >= 4 is 24.1 Å². The summed E-state index contributed by atoms with van der Waals surface area (Å²) in [4.78, 5) is 25.9. The van der Waals surface area contributed by atoms with Crippen LogP contribution in [-0.2, 0) is 4.79 Å². The summed E-state index contributed by atoms with van der Waals surface area (Å²) in [6, 6.07) is 7.69. The number of nitrogens with two attached hydrogens (primary N) is 1. The normalized spacial score (nSPS) is 15.4. The second-order valence-corrected chi connectivity index (χ2v) is 5.51. The van der Waals surface area contributed by atoms with E-state index in [-0.39, 0.29) is 36.6 Å². The van der Waals surface area contributed by atoms with Gasteiger partial charge in [0.1, 0.15) is 0 Å². The van der Waals surface area contributed by atoms with Gasteiger partial charge in [0.2, 0.25) is 5.91 Å². The average Bonchev–Trinajstić information content (AvgIpc) is 2.46. The molecule has 0 bridgehead atoms. The van der Waals surface area contributed by atoms with E-state index < -0.39 is 0 Å². The molecule has 21 heavy (non-hydrogen) atoms. The first-order valence-corrected chi connectivity index (χ1v) is 7.19. The van der Waals surface area contributed by atoms with E-state index in [1.54, 1.807) is 0 Å². The molecule has 1 aliphatic rings. The molecular formula is C16H23ClN2O2. The van der Waals surface area contributed by atoms with Crippen molar-refractivity contribution in [3.63, 3.8) is 0 Å². The van der Waals surface area contributed by atoms with Crippen molar-refractivity contribution in [2.45, 2.75) is 38.6 Å². The van der Waals surface area contributed by atoms with E-state index >= 15 is 0 Å². The van der Waals surface area contributed by atoms with Crippen molar-refractivity contribution in [2.75, 3.05) is 13.1 Å². The minimum absolute atomic E-state index is 0. The number of piperidine rings is 1. The zero-order valence-electron chi connectivity index (χ0n) is 12.4. The van der Waals surface area contributed by atoms with Crippen LogP contribution in [0.5, 0.6) is 0 Å². The van der Waals surface area contributed by atoms with E-state index in [2.05, 4.69) is 0 Å². The van der Waals surface area contributed by atoms with Gasteiger partial charge < -0.3 is 10.6 Å². The van der Waals surface area contributed by atoms with E-state index in [1.807, 2.05) is 36.1 Å². The van der Waals surface area contributed by atoms with Crippen LogP contribution < -0.4 is 5.73 Å². The van der Waals surface area contributed by atoms with Crippen molar-refractivity contribution < 1.29 is 9.59 Å². The molecule has 116 valence electrons. The van der Waals surface area contributed by atoms with Gasteiger partial charge in [0.05, 0.1) is 0 Å². The number of hydrogen-bond acceptors (Lipinski definition) is 3. The molecular weight excluding hydrogens is 288 g/mol. The molecule has 1 aromatic carbocycles. The van der Waals surface area contributed by atoms with Crippen molar-refractivity contribution in [3.05, 3.63) is 35.4 Å². The molecule has 0 aliphatic carbocycles. The van der Waals surface area contributed by atoms with Gasteiger partial charge in [-0.3, -0.25) is 9.59 Å². The number of Topliss-reactive ketones (excluding diaryl/α,β-unsaturated/α-hetero) is 1. The van der Waals surface area contributed by atoms with E-state index in [1.165, 1.54) is 0 Å². The first kappa shape index (κ1) is 17.7. The Morgan fingerprint density at radius 2 is 1.71 bits per heavy atom. The van der Waals surface area contributed by atoms with E-state index in [0.29, 0.717) is 12.0 Å². The number of amides is 1. The van der Waals surface area contributed by atoms with Gasteiger partial charge in [-0.25, -0.2) is 0 Å². The standard InChI is InChI=1S/C16H22N2O2.ClH/c1-12-2-4-13(5-3-12)15(19)6-7-16(20)18-10-8-14(17)9-11-18;/h2-5,14H,6-11,17H2,1H3;1H. The lowest BCUT2D eigenvalue weighted by Crippen LogP contribution is -2.42. The highest BCUT2D eigenvalue weighted by Crippen LogP contribution is 2.12. The number of carbonyl (C=O) groups excluding carboxylic acids is 2. The minimum atomic E-state index is 0. The summed E-state index contributed by atoms with van der Waals surface area (Å²) in [5.74, 6) is 0.101. The lowest BCUT2D eigenvalue weighted by molar-refractivity contribution is -0.132. The molecule has 1 saturated heterocycles. The van der Waals surface area contributed by atoms with Gasteiger partial charge in [-0.05, 0) is 19.8 Å². The van der Waals surface area contributed by atoms with Crippen LogP contribution >= 0.6 is 12.4 Å². The van der Waals surface area contributed by atoms with E-state index in [4.69, 9.17) is 5.73 Å². The number of likely N-dealkylation sites (tertiary alicyclic amines) is 1. The second-order valence-electron chi connectivity index (χ2n) is 5.51. The van der Waals surface area contributed by atoms with Crippen LogP contribution in [0.4, 0.5) is 0 Å². The Morgan fingerprint density at radius 1 is 1.14 bits per heavy atom. The van der Waals surface area contributed by atoms with Crippen LogP contribution in [0.1, 0.15) is 41.6 Å². The summed E-state index contributed by atoms with van der Waals surface area (Å²) in [5, 5.41) is 0. The first-order chi connectivity index (χ1) is 9.56. The number of aryl methyl sites for hydroxylation is 1. The maximum Gasteiger partial charge on any atom is 0.223 e. The zero-order valence-corrected chi connectivity index (χ0v) is 13.2. The third-order valence-corrected chi connectivity index (χ3v) is 3.83. The largest absolute Gasteiger partial charge is 0.343 e. The molecule has 0 radical (unpaired) electrons. The SMILES string of the molecule is Cc1ccc(C(=O)CCC(=O)N2CCC(N)CC2)cc1.Cl. The number of hydrogen-bond donors (Lipinski definition) is 1. The molecule has 1 aliphatic heterocycles. The van der Waals surface area contributed by atoms with Crippen LogP contribution in [0.2, 0.25) is 0 Å². The maximum atomic E-state index is 12.0. The first-order valence-electron chi connectivity index (χ1n) is 7.19. The summed E-state index contributed by atoms with van der Waals surface area (Å²) in [5.41, 5.74) is 7.63. The third kappa shape index (κ3) is 5.14. The molecule has 1 heterocycles. The molecule has 0 spiro atoms. The Morgan fingerprint density at radius 3 is 2.29 bits per heavy atom. The van der Waals surface area contributed by atoms with Crippen LogP contribution in [-0.4, -0.2) is 35.7 Å². The van der Waals surface area contributed by atoms with Crippen LogP contribution in [0.15, 0.2) is 24.3 Å². The molecule has 4 nitrogen and oxygen atoms in total. The molecule has 0 unspecified atom stereocenters. The smallest absolute Gasteiger partial charge is 0.223 e. The molecule has 1 aromatic rings. The highest BCUT2D eigenvalue weighted by atomic mass is 35.5. The monoisotopic (exact) mass is 310 g/mol. The van der Waals surface area contributed by atoms with E-state index in [9.17, 15) is 9.59 Å². The molecule has 0 atom stereocenters. The zero-order chi connectivity index (χ0) is 14.5. The lowest BCUT2D eigenvalue weighted by Gasteiger charge is -2.30. The van der Waals surface area contributed by atoms with Crippen LogP contribution in [0.3, 0.4) is 0 Å². The fourth-order valence-corrected chi connectivity index (χ4v) is 2.41. The predicted octanol–water partition coefficient (Wildman–Crippen LogP) is 2.33. The number of ketones is 1. The Bertz CT molecular complexity index is 480. The van der Waals surface area contributed by atoms with Gasteiger partial charge in [0, 0.05) is 37.5 Å². The third-order valence-electron chi connectivity index (χ3n) is 3.83. The van der Waals surface area contributed by atoms with Gasteiger partial charge in [0.25, 0.3) is 0 Å². The number of nitrogens with zero attached hydrogens (tertiary/aromatic N) is 1. The highest BCUT2D eigenvalue weighted by molar-refractivity contribution is 5.97. The quantitative estimate of drug-likeness (QED) is 0.868. The molecule has 1 amide bonds. The second kappa shape index (κ2) is 8.15. The van der Waals surface area contributed by atoms with Crippen LogP contribution in [0.25, 0.3) is 0 Å². The van der Waals surface area contributed by atoms with E-state index in [0.717, 1.165) is 31.5 Å². The summed E-state index contributed by atoms with van der Waals surface area (Å²) in [6.07, 6.45) is 2.29. The Hall–Kier alpha value is -1.39. The summed E-state index contributed by atoms with van der Waals surface area (Å²) < 4.78 is 0. The maximum absolute atomic E-state index is 12.0. The van der Waals surface area contributed by atoms with Gasteiger partial charge in [0.15, 0.2) is 5.78 Å². The van der Waals surface area contributed by atoms with Crippen molar-refractivity contribution in [3.8, 4) is 0 Å². The Kier molecular flexibility index (Phi) is 6.85. The molecule has 0 saturated carbocycles. The van der Waals surface area contributed by atoms with Crippen molar-refractivity contribution in [1.82, 2.24) is 4.90 Å². The summed E-state index contributed by atoms with van der Waals surface area (Å²) in [7, 11) is 0. The number of rotatable bonds is 4. The number of carbonyl (C=O) groups is 2.